The van der Waals surface area contributed by atoms with E-state index in [2.05, 4.69) is 34.4 Å². The number of halogens is 2. The highest BCUT2D eigenvalue weighted by Gasteiger charge is 2.16. The van der Waals surface area contributed by atoms with Crippen molar-refractivity contribution in [3.8, 4) is 0 Å². The van der Waals surface area contributed by atoms with Gasteiger partial charge in [-0.1, -0.05) is 0 Å². The Balaban J connectivity index is 0.00000242. The van der Waals surface area contributed by atoms with Gasteiger partial charge in [0.05, 0.1) is 11.9 Å². The molecule has 1 aromatic rings. The standard InChI is InChI=1S/C16H26N4O.2ClH/c1-3-20(4-2)15-6-5-14(12-18-15)19-16(21)11-13-7-9-17-10-8-13;;/h5-6,12-13,17H,3-4,7-11H2,1-2H3,(H,19,21);2*1H. The van der Waals surface area contributed by atoms with Crippen LogP contribution in [0.5, 0.6) is 0 Å². The van der Waals surface area contributed by atoms with Gasteiger partial charge in [0.2, 0.25) is 5.91 Å². The number of hydrogen-bond acceptors (Lipinski definition) is 4. The fourth-order valence-electron chi connectivity index (χ4n) is 2.75. The second-order valence-electron chi connectivity index (χ2n) is 5.52. The van der Waals surface area contributed by atoms with E-state index in [1.54, 1.807) is 6.20 Å². The minimum atomic E-state index is 0. The molecule has 1 saturated heterocycles. The summed E-state index contributed by atoms with van der Waals surface area (Å²) in [5.74, 6) is 1.56. The Morgan fingerprint density at radius 2 is 1.91 bits per heavy atom. The van der Waals surface area contributed by atoms with E-state index in [1.165, 1.54) is 0 Å². The monoisotopic (exact) mass is 362 g/mol. The minimum Gasteiger partial charge on any atom is -0.357 e. The maximum absolute atomic E-state index is 12.0. The van der Waals surface area contributed by atoms with Gasteiger partial charge in [-0.25, -0.2) is 4.98 Å². The van der Waals surface area contributed by atoms with Crippen molar-refractivity contribution in [2.75, 3.05) is 36.4 Å². The Hall–Kier alpha value is -1.04. The Bertz CT molecular complexity index is 446. The maximum atomic E-state index is 12.0. The number of amides is 1. The zero-order valence-corrected chi connectivity index (χ0v) is 15.5. The number of rotatable bonds is 6. The third-order valence-electron chi connectivity index (χ3n) is 4.05. The first-order valence-corrected chi connectivity index (χ1v) is 7.94. The van der Waals surface area contributed by atoms with E-state index in [0.717, 1.165) is 50.5 Å². The third-order valence-corrected chi connectivity index (χ3v) is 4.05. The van der Waals surface area contributed by atoms with Crippen molar-refractivity contribution in [2.24, 2.45) is 5.92 Å². The predicted octanol–water partition coefficient (Wildman–Crippen LogP) is 3.10. The Labute approximate surface area is 151 Å². The summed E-state index contributed by atoms with van der Waals surface area (Å²) >= 11 is 0. The summed E-state index contributed by atoms with van der Waals surface area (Å²) in [7, 11) is 0. The van der Waals surface area contributed by atoms with Crippen LogP contribution < -0.4 is 15.5 Å². The van der Waals surface area contributed by atoms with Crippen LogP contribution in [0, 0.1) is 5.92 Å². The molecule has 0 atom stereocenters. The SMILES string of the molecule is CCN(CC)c1ccc(NC(=O)CC2CCNCC2)cn1.Cl.Cl. The van der Waals surface area contributed by atoms with Gasteiger partial charge in [0, 0.05) is 19.5 Å². The molecule has 0 spiro atoms. The molecule has 0 unspecified atom stereocenters. The minimum absolute atomic E-state index is 0. The van der Waals surface area contributed by atoms with Crippen LogP contribution in [0.15, 0.2) is 18.3 Å². The van der Waals surface area contributed by atoms with Gasteiger partial charge in [-0.3, -0.25) is 4.79 Å². The lowest BCUT2D eigenvalue weighted by molar-refractivity contribution is -0.117. The van der Waals surface area contributed by atoms with E-state index < -0.39 is 0 Å². The van der Waals surface area contributed by atoms with Gasteiger partial charge in [-0.2, -0.15) is 0 Å². The van der Waals surface area contributed by atoms with Crippen LogP contribution in [0.25, 0.3) is 0 Å². The molecular formula is C16H28Cl2N4O. The van der Waals surface area contributed by atoms with Gasteiger partial charge >= 0.3 is 0 Å². The molecule has 2 heterocycles. The Morgan fingerprint density at radius 1 is 1.26 bits per heavy atom. The zero-order valence-electron chi connectivity index (χ0n) is 13.9. The molecule has 0 saturated carbocycles. The summed E-state index contributed by atoms with van der Waals surface area (Å²) in [6, 6.07) is 3.90. The molecule has 1 fully saturated rings. The average molecular weight is 363 g/mol. The summed E-state index contributed by atoms with van der Waals surface area (Å²) in [5, 5.41) is 6.27. The van der Waals surface area contributed by atoms with Crippen LogP contribution in [0.1, 0.15) is 33.1 Å². The van der Waals surface area contributed by atoms with Crippen molar-refractivity contribution >= 4 is 42.2 Å². The van der Waals surface area contributed by atoms with Gasteiger partial charge in [-0.15, -0.1) is 24.8 Å². The topological polar surface area (TPSA) is 57.3 Å². The van der Waals surface area contributed by atoms with Crippen molar-refractivity contribution in [2.45, 2.75) is 33.1 Å². The van der Waals surface area contributed by atoms with Gasteiger partial charge in [-0.05, 0) is 57.8 Å². The van der Waals surface area contributed by atoms with Crippen LogP contribution in [-0.2, 0) is 4.79 Å². The van der Waals surface area contributed by atoms with Crippen LogP contribution in [0.3, 0.4) is 0 Å². The van der Waals surface area contributed by atoms with Crippen molar-refractivity contribution in [3.05, 3.63) is 18.3 Å². The molecule has 5 nitrogen and oxygen atoms in total. The molecule has 2 N–H and O–H groups in total. The number of nitrogens with one attached hydrogen (secondary N) is 2. The van der Waals surface area contributed by atoms with Gasteiger partial charge in [0.25, 0.3) is 0 Å². The fraction of sp³-hybridized carbons (Fsp3) is 0.625. The van der Waals surface area contributed by atoms with Crippen molar-refractivity contribution < 1.29 is 4.79 Å². The number of carbonyl (C=O) groups is 1. The lowest BCUT2D eigenvalue weighted by Gasteiger charge is -2.22. The van der Waals surface area contributed by atoms with Crippen LogP contribution in [0.4, 0.5) is 11.5 Å². The first-order valence-electron chi connectivity index (χ1n) is 7.94. The van der Waals surface area contributed by atoms with Crippen molar-refractivity contribution in [1.82, 2.24) is 10.3 Å². The van der Waals surface area contributed by atoms with Crippen LogP contribution in [-0.4, -0.2) is 37.1 Å². The zero-order chi connectivity index (χ0) is 15.1. The number of aromatic nitrogens is 1. The van der Waals surface area contributed by atoms with E-state index in [0.29, 0.717) is 12.3 Å². The summed E-state index contributed by atoms with van der Waals surface area (Å²) < 4.78 is 0. The molecule has 0 bridgehead atoms. The second-order valence-corrected chi connectivity index (χ2v) is 5.52. The predicted molar refractivity (Wildman–Crippen MR) is 101 cm³/mol. The van der Waals surface area contributed by atoms with E-state index in [4.69, 9.17) is 0 Å². The lowest BCUT2D eigenvalue weighted by atomic mass is 9.94. The molecular weight excluding hydrogens is 335 g/mol. The van der Waals surface area contributed by atoms with Crippen molar-refractivity contribution in [3.63, 3.8) is 0 Å². The molecule has 2 rings (SSSR count). The second kappa shape index (κ2) is 11.5. The quantitative estimate of drug-likeness (QED) is 0.816. The summed E-state index contributed by atoms with van der Waals surface area (Å²) in [4.78, 5) is 18.6. The maximum Gasteiger partial charge on any atom is 0.224 e. The van der Waals surface area contributed by atoms with E-state index in [1.807, 2.05) is 12.1 Å². The normalized spacial score (nSPS) is 14.3. The molecule has 1 aliphatic heterocycles. The highest BCUT2D eigenvalue weighted by atomic mass is 35.5. The highest BCUT2D eigenvalue weighted by Crippen LogP contribution is 2.18. The first kappa shape index (κ1) is 22.0. The summed E-state index contributed by atoms with van der Waals surface area (Å²) in [5.41, 5.74) is 0.782. The molecule has 0 radical (unpaired) electrons. The molecule has 132 valence electrons. The van der Waals surface area contributed by atoms with Crippen molar-refractivity contribution in [1.29, 1.82) is 0 Å². The van der Waals surface area contributed by atoms with Gasteiger partial charge < -0.3 is 15.5 Å². The number of anilines is 2. The summed E-state index contributed by atoms with van der Waals surface area (Å²) in [6.45, 7) is 8.14. The van der Waals surface area contributed by atoms with Gasteiger partial charge in [0.15, 0.2) is 0 Å². The molecule has 0 aliphatic carbocycles. The van der Waals surface area contributed by atoms with Crippen LogP contribution >= 0.6 is 24.8 Å². The number of carbonyl (C=O) groups excluding carboxylic acids is 1. The number of piperidine rings is 1. The smallest absolute Gasteiger partial charge is 0.224 e. The lowest BCUT2D eigenvalue weighted by Crippen LogP contribution is -2.30. The van der Waals surface area contributed by atoms with E-state index >= 15 is 0 Å². The first-order chi connectivity index (χ1) is 10.2. The van der Waals surface area contributed by atoms with Crippen LogP contribution in [0.2, 0.25) is 0 Å². The van der Waals surface area contributed by atoms with E-state index in [9.17, 15) is 4.79 Å². The number of nitrogens with zero attached hydrogens (tertiary/aromatic N) is 2. The molecule has 1 aliphatic rings. The largest absolute Gasteiger partial charge is 0.357 e. The number of hydrogen-bond donors (Lipinski definition) is 2. The summed E-state index contributed by atoms with van der Waals surface area (Å²) in [6.07, 6.45) is 4.53. The Kier molecular flexibility index (Phi) is 11.0. The van der Waals surface area contributed by atoms with Gasteiger partial charge in [0.1, 0.15) is 5.82 Å². The molecule has 1 aromatic heterocycles. The molecule has 1 amide bonds. The molecule has 23 heavy (non-hydrogen) atoms. The Morgan fingerprint density at radius 3 is 2.43 bits per heavy atom. The molecule has 0 aromatic carbocycles. The highest BCUT2D eigenvalue weighted by molar-refractivity contribution is 5.90. The number of pyridine rings is 1. The van der Waals surface area contributed by atoms with E-state index in [-0.39, 0.29) is 30.7 Å². The third kappa shape index (κ3) is 6.94. The molecule has 7 heteroatoms. The fourth-order valence-corrected chi connectivity index (χ4v) is 2.75. The average Bonchev–Trinajstić information content (AvgIpc) is 2.51.